The fourth-order valence-corrected chi connectivity index (χ4v) is 10.5. The van der Waals surface area contributed by atoms with Gasteiger partial charge in [-0.1, -0.05) is 80.3 Å². The van der Waals surface area contributed by atoms with Gasteiger partial charge in [0, 0.05) is 30.7 Å². The fourth-order valence-electron chi connectivity index (χ4n) is 6.08. The lowest BCUT2D eigenvalue weighted by molar-refractivity contribution is -0.697. The van der Waals surface area contributed by atoms with Crippen molar-refractivity contribution in [2.45, 2.75) is 57.9 Å². The lowest BCUT2D eigenvalue weighted by atomic mass is 10.1. The number of hydrogen-bond acceptors (Lipinski definition) is 0. The highest BCUT2D eigenvalue weighted by atomic mass is 31.2. The van der Waals surface area contributed by atoms with Gasteiger partial charge in [0.15, 0.2) is 24.8 Å². The maximum atomic E-state index is 2.36. The molecule has 0 atom stereocenters. The van der Waals surface area contributed by atoms with E-state index in [-0.39, 0.29) is 0 Å². The summed E-state index contributed by atoms with van der Waals surface area (Å²) in [6, 6.07) is 42.7. The smallest absolute Gasteiger partial charge is 0.169 e. The molecule has 0 bridgehead atoms. The van der Waals surface area contributed by atoms with Crippen molar-refractivity contribution in [3.8, 4) is 11.1 Å². The Hall–Kier alpha value is -3.61. The molecule has 5 rings (SSSR count). The second kappa shape index (κ2) is 15.6. The van der Waals surface area contributed by atoms with Gasteiger partial charge in [0.2, 0.25) is 0 Å². The molecule has 0 aliphatic rings. The van der Waals surface area contributed by atoms with Gasteiger partial charge in [-0.05, 0) is 66.8 Å². The molecule has 2 heterocycles. The molecule has 0 aliphatic heterocycles. The molecule has 0 unspecified atom stereocenters. The largest absolute Gasteiger partial charge is 0.208 e. The van der Waals surface area contributed by atoms with E-state index < -0.39 is 7.26 Å². The van der Waals surface area contributed by atoms with Gasteiger partial charge in [0.25, 0.3) is 0 Å². The Kier molecular flexibility index (Phi) is 11.1. The van der Waals surface area contributed by atoms with Gasteiger partial charge < -0.3 is 0 Å². The molecule has 0 saturated heterocycles. The third kappa shape index (κ3) is 7.81. The van der Waals surface area contributed by atoms with Crippen LogP contribution in [0.25, 0.3) is 11.1 Å². The summed E-state index contributed by atoms with van der Waals surface area (Å²) >= 11 is 0. The van der Waals surface area contributed by atoms with Crippen LogP contribution in [0.1, 0.15) is 51.4 Å². The second-order valence-corrected chi connectivity index (χ2v) is 15.1. The van der Waals surface area contributed by atoms with Crippen molar-refractivity contribution in [2.75, 3.05) is 6.16 Å². The number of nitrogens with zero attached hydrogens (tertiary/aromatic N) is 2. The standard InChI is InChI=1S/C39H46N2P/c1-40-30-25-35(26-31-40)36-27-32-41(33-28-36)29-17-6-4-2-3-5-7-18-34-42(37-19-11-8-12-20-37,38-21-13-9-14-22-38)39-23-15-10-16-24-39/h8-16,19-28,30-33H,2-7,17-18,29,34H2,1H3/q+3. The van der Waals surface area contributed by atoms with Crippen LogP contribution in [0.15, 0.2) is 140 Å². The average Bonchev–Trinajstić information content (AvgIpc) is 3.06. The SMILES string of the molecule is C[n+]1ccc(-c2cc[n+](CCCCCCCCCC[P+](c3ccccc3)(c3ccccc3)c3ccccc3)cc2)cc1. The monoisotopic (exact) mass is 573 g/mol. The third-order valence-corrected chi connectivity index (χ3v) is 13.0. The van der Waals surface area contributed by atoms with Crippen molar-refractivity contribution >= 4 is 23.2 Å². The van der Waals surface area contributed by atoms with Gasteiger partial charge in [-0.2, -0.15) is 0 Å². The molecule has 214 valence electrons. The van der Waals surface area contributed by atoms with Crippen LogP contribution in [-0.2, 0) is 13.6 Å². The predicted octanol–water partition coefficient (Wildman–Crippen LogP) is 7.58. The molecule has 5 aromatic rings. The summed E-state index contributed by atoms with van der Waals surface area (Å²) < 4.78 is 4.40. The van der Waals surface area contributed by atoms with Crippen LogP contribution in [0.5, 0.6) is 0 Å². The molecule has 2 aromatic heterocycles. The van der Waals surface area contributed by atoms with Gasteiger partial charge in [-0.3, -0.25) is 0 Å². The number of benzene rings is 3. The molecule has 3 heteroatoms. The van der Waals surface area contributed by atoms with E-state index in [0.29, 0.717) is 0 Å². The first-order valence-electron chi connectivity index (χ1n) is 15.8. The zero-order valence-corrected chi connectivity index (χ0v) is 26.1. The lowest BCUT2D eigenvalue weighted by Crippen LogP contribution is -2.33. The summed E-state index contributed by atoms with van der Waals surface area (Å²) in [6.45, 7) is 1.11. The molecule has 2 nitrogen and oxygen atoms in total. The zero-order valence-electron chi connectivity index (χ0n) is 25.2. The quantitative estimate of drug-likeness (QED) is 0.0693. The van der Waals surface area contributed by atoms with E-state index in [1.165, 1.54) is 84.6 Å². The zero-order chi connectivity index (χ0) is 28.9. The minimum atomic E-state index is -1.68. The van der Waals surface area contributed by atoms with Crippen molar-refractivity contribution in [3.05, 3.63) is 140 Å². The first kappa shape index (κ1) is 29.9. The molecule has 42 heavy (non-hydrogen) atoms. The third-order valence-electron chi connectivity index (χ3n) is 8.45. The Labute approximate surface area is 254 Å². The Morgan fingerprint density at radius 2 is 0.810 bits per heavy atom. The highest BCUT2D eigenvalue weighted by molar-refractivity contribution is 7.95. The van der Waals surface area contributed by atoms with E-state index in [1.54, 1.807) is 0 Å². The first-order chi connectivity index (χ1) is 20.8. The van der Waals surface area contributed by atoms with Crippen LogP contribution in [0, 0.1) is 0 Å². The normalized spacial score (nSPS) is 11.5. The van der Waals surface area contributed by atoms with Crippen molar-refractivity contribution in [1.29, 1.82) is 0 Å². The topological polar surface area (TPSA) is 7.76 Å². The lowest BCUT2D eigenvalue weighted by Gasteiger charge is -2.27. The Morgan fingerprint density at radius 3 is 1.26 bits per heavy atom. The van der Waals surface area contributed by atoms with E-state index in [2.05, 4.69) is 156 Å². The summed E-state index contributed by atoms with van der Waals surface area (Å²) in [7, 11) is 0.376. The minimum absolute atomic E-state index is 1.11. The summed E-state index contributed by atoms with van der Waals surface area (Å²) in [4.78, 5) is 0. The van der Waals surface area contributed by atoms with Crippen LogP contribution in [0.4, 0.5) is 0 Å². The predicted molar refractivity (Wildman–Crippen MR) is 180 cm³/mol. The maximum Gasteiger partial charge on any atom is 0.169 e. The molecule has 0 spiro atoms. The second-order valence-electron chi connectivity index (χ2n) is 11.4. The molecular formula is C39H46N2P+3. The van der Waals surface area contributed by atoms with Crippen molar-refractivity contribution in [1.82, 2.24) is 0 Å². The van der Waals surface area contributed by atoms with Crippen molar-refractivity contribution in [2.24, 2.45) is 7.05 Å². The Balaban J connectivity index is 1.06. The summed E-state index contributed by atoms with van der Waals surface area (Å²) in [6.07, 6.45) is 20.4. The number of rotatable bonds is 15. The van der Waals surface area contributed by atoms with Gasteiger partial charge in [-0.15, -0.1) is 0 Å². The van der Waals surface area contributed by atoms with Crippen LogP contribution < -0.4 is 25.0 Å². The molecule has 3 aromatic carbocycles. The number of aryl methyl sites for hydroxylation is 2. The van der Waals surface area contributed by atoms with E-state index >= 15 is 0 Å². The molecule has 0 N–H and O–H groups in total. The molecule has 0 radical (unpaired) electrons. The van der Waals surface area contributed by atoms with E-state index in [1.807, 2.05) is 0 Å². The van der Waals surface area contributed by atoms with Gasteiger partial charge in [-0.25, -0.2) is 9.13 Å². The minimum Gasteiger partial charge on any atom is -0.208 e. The molecule has 0 saturated carbocycles. The number of unbranched alkanes of at least 4 members (excludes halogenated alkanes) is 7. The van der Waals surface area contributed by atoms with Gasteiger partial charge in [0.05, 0.1) is 6.16 Å². The van der Waals surface area contributed by atoms with Crippen LogP contribution in [-0.4, -0.2) is 6.16 Å². The number of aromatic nitrogens is 2. The van der Waals surface area contributed by atoms with Crippen molar-refractivity contribution in [3.63, 3.8) is 0 Å². The Bertz CT molecular complexity index is 1350. The molecule has 0 amide bonds. The molecule has 0 aliphatic carbocycles. The fraction of sp³-hybridized carbons (Fsp3) is 0.282. The average molecular weight is 574 g/mol. The first-order valence-corrected chi connectivity index (χ1v) is 17.7. The molecular weight excluding hydrogens is 527 g/mol. The maximum absolute atomic E-state index is 2.36. The van der Waals surface area contributed by atoms with E-state index in [0.717, 1.165) is 6.54 Å². The Morgan fingerprint density at radius 1 is 0.429 bits per heavy atom. The van der Waals surface area contributed by atoms with Crippen molar-refractivity contribution < 1.29 is 9.13 Å². The van der Waals surface area contributed by atoms with Crippen LogP contribution in [0.2, 0.25) is 0 Å². The number of hydrogen-bond donors (Lipinski definition) is 0. The van der Waals surface area contributed by atoms with Crippen LogP contribution in [0.3, 0.4) is 0 Å². The highest BCUT2D eigenvalue weighted by Gasteiger charge is 2.44. The summed E-state index contributed by atoms with van der Waals surface area (Å²) in [5.41, 5.74) is 2.55. The summed E-state index contributed by atoms with van der Waals surface area (Å²) in [5, 5.41) is 4.51. The van der Waals surface area contributed by atoms with Crippen LogP contribution >= 0.6 is 7.26 Å². The van der Waals surface area contributed by atoms with E-state index in [9.17, 15) is 0 Å². The summed E-state index contributed by atoms with van der Waals surface area (Å²) in [5.74, 6) is 0. The number of pyridine rings is 2. The molecule has 0 fully saturated rings. The van der Waals surface area contributed by atoms with Gasteiger partial charge in [0.1, 0.15) is 36.8 Å². The highest BCUT2D eigenvalue weighted by Crippen LogP contribution is 2.56. The van der Waals surface area contributed by atoms with Gasteiger partial charge >= 0.3 is 0 Å². The van der Waals surface area contributed by atoms with E-state index in [4.69, 9.17) is 0 Å².